The number of carbonyl (C=O) groups excluding carboxylic acids is 1. The number of anilines is 1. The van der Waals surface area contributed by atoms with Gasteiger partial charge in [0.2, 0.25) is 5.95 Å². The lowest BCUT2D eigenvalue weighted by molar-refractivity contribution is 0.0949. The van der Waals surface area contributed by atoms with Crippen LogP contribution in [0.15, 0.2) is 18.2 Å². The third-order valence-corrected chi connectivity index (χ3v) is 4.27. The molecule has 0 saturated carbocycles. The molecule has 0 radical (unpaired) electrons. The fraction of sp³-hybridized carbons (Fsp3) is 0.444. The number of hydrogen-bond donors (Lipinski definition) is 1. The predicted octanol–water partition coefficient (Wildman–Crippen LogP) is 2.03. The molecule has 1 fully saturated rings. The van der Waals surface area contributed by atoms with Gasteiger partial charge in [0.25, 0.3) is 5.91 Å². The second-order valence-corrected chi connectivity index (χ2v) is 6.23. The van der Waals surface area contributed by atoms with Crippen molar-refractivity contribution in [3.63, 3.8) is 0 Å². The van der Waals surface area contributed by atoms with Gasteiger partial charge in [0.05, 0.1) is 13.7 Å². The number of hydrogen-bond acceptors (Lipinski definition) is 6. The minimum Gasteiger partial charge on any atom is -0.467 e. The van der Waals surface area contributed by atoms with E-state index in [1.165, 1.54) is 7.11 Å². The van der Waals surface area contributed by atoms with Gasteiger partial charge in [-0.1, -0.05) is 17.7 Å². The molecule has 0 spiro atoms. The largest absolute Gasteiger partial charge is 0.467 e. The Morgan fingerprint density at radius 3 is 2.68 bits per heavy atom. The molecule has 1 aliphatic rings. The molecule has 1 aromatic carbocycles. The minimum absolute atomic E-state index is 0.136. The SMILES string of the molecule is COc1nc(CNC(=O)c2cc(C)ccc2C)nc(N2CCCC2)n1. The van der Waals surface area contributed by atoms with Crippen LogP contribution in [-0.4, -0.2) is 41.1 Å². The quantitative estimate of drug-likeness (QED) is 0.896. The molecule has 3 rings (SSSR count). The maximum atomic E-state index is 12.5. The van der Waals surface area contributed by atoms with Crippen LogP contribution in [0.2, 0.25) is 0 Å². The van der Waals surface area contributed by atoms with Crippen LogP contribution in [0.3, 0.4) is 0 Å². The van der Waals surface area contributed by atoms with E-state index < -0.39 is 0 Å². The topological polar surface area (TPSA) is 80.2 Å². The molecule has 2 aromatic rings. The lowest BCUT2D eigenvalue weighted by atomic mass is 10.1. The van der Waals surface area contributed by atoms with Crippen molar-refractivity contribution in [2.45, 2.75) is 33.2 Å². The number of ether oxygens (including phenoxy) is 1. The molecule has 7 heteroatoms. The number of aryl methyl sites for hydroxylation is 2. The second-order valence-electron chi connectivity index (χ2n) is 6.23. The monoisotopic (exact) mass is 341 g/mol. The molecule has 1 amide bonds. The number of amides is 1. The number of nitrogens with one attached hydrogen (secondary N) is 1. The molecule has 25 heavy (non-hydrogen) atoms. The Kier molecular flexibility index (Phi) is 5.11. The molecule has 1 N–H and O–H groups in total. The molecule has 2 heterocycles. The van der Waals surface area contributed by atoms with Gasteiger partial charge in [-0.2, -0.15) is 15.0 Å². The fourth-order valence-electron chi connectivity index (χ4n) is 2.85. The molecule has 132 valence electrons. The van der Waals surface area contributed by atoms with Crippen LogP contribution in [0.5, 0.6) is 6.01 Å². The van der Waals surface area contributed by atoms with E-state index in [2.05, 4.69) is 25.2 Å². The van der Waals surface area contributed by atoms with Gasteiger partial charge in [0, 0.05) is 18.7 Å². The minimum atomic E-state index is -0.136. The summed E-state index contributed by atoms with van der Waals surface area (Å²) < 4.78 is 5.18. The summed E-state index contributed by atoms with van der Waals surface area (Å²) in [7, 11) is 1.53. The van der Waals surface area contributed by atoms with Crippen molar-refractivity contribution in [2.24, 2.45) is 0 Å². The van der Waals surface area contributed by atoms with Crippen molar-refractivity contribution >= 4 is 11.9 Å². The van der Waals surface area contributed by atoms with Crippen molar-refractivity contribution in [1.82, 2.24) is 20.3 Å². The van der Waals surface area contributed by atoms with Crippen molar-refractivity contribution in [3.8, 4) is 6.01 Å². The third-order valence-electron chi connectivity index (χ3n) is 4.27. The first-order valence-corrected chi connectivity index (χ1v) is 8.46. The molecule has 1 saturated heterocycles. The Hall–Kier alpha value is -2.70. The van der Waals surface area contributed by atoms with Gasteiger partial charge in [0.1, 0.15) is 0 Å². The van der Waals surface area contributed by atoms with Crippen molar-refractivity contribution in [2.75, 3.05) is 25.1 Å². The fourth-order valence-corrected chi connectivity index (χ4v) is 2.85. The Balaban J connectivity index is 1.74. The average Bonchev–Trinajstić information content (AvgIpc) is 3.16. The summed E-state index contributed by atoms with van der Waals surface area (Å²) in [4.78, 5) is 27.6. The highest BCUT2D eigenvalue weighted by molar-refractivity contribution is 5.95. The van der Waals surface area contributed by atoms with Gasteiger partial charge in [-0.3, -0.25) is 4.79 Å². The van der Waals surface area contributed by atoms with E-state index in [9.17, 15) is 4.79 Å². The highest BCUT2D eigenvalue weighted by atomic mass is 16.5. The lowest BCUT2D eigenvalue weighted by Crippen LogP contribution is -2.26. The van der Waals surface area contributed by atoms with E-state index in [-0.39, 0.29) is 18.5 Å². The van der Waals surface area contributed by atoms with Gasteiger partial charge in [-0.25, -0.2) is 0 Å². The van der Waals surface area contributed by atoms with E-state index in [0.717, 1.165) is 37.1 Å². The van der Waals surface area contributed by atoms with E-state index in [0.29, 0.717) is 17.3 Å². The molecule has 1 aromatic heterocycles. The molecule has 0 atom stereocenters. The average molecular weight is 341 g/mol. The van der Waals surface area contributed by atoms with Crippen molar-refractivity contribution < 1.29 is 9.53 Å². The van der Waals surface area contributed by atoms with Crippen LogP contribution >= 0.6 is 0 Å². The zero-order chi connectivity index (χ0) is 17.8. The van der Waals surface area contributed by atoms with Crippen LogP contribution in [-0.2, 0) is 6.54 Å². The Bertz CT molecular complexity index is 772. The van der Waals surface area contributed by atoms with Crippen LogP contribution < -0.4 is 15.0 Å². The molecule has 7 nitrogen and oxygen atoms in total. The third kappa shape index (κ3) is 4.04. The Labute approximate surface area is 147 Å². The Morgan fingerprint density at radius 1 is 1.20 bits per heavy atom. The van der Waals surface area contributed by atoms with Gasteiger partial charge >= 0.3 is 6.01 Å². The summed E-state index contributed by atoms with van der Waals surface area (Å²) in [5, 5.41) is 2.89. The van der Waals surface area contributed by atoms with Crippen LogP contribution in [0.25, 0.3) is 0 Å². The predicted molar refractivity (Wildman–Crippen MR) is 94.9 cm³/mol. The molecule has 0 bridgehead atoms. The van der Waals surface area contributed by atoms with Crippen molar-refractivity contribution in [3.05, 3.63) is 40.7 Å². The van der Waals surface area contributed by atoms with Crippen LogP contribution in [0.1, 0.15) is 40.2 Å². The van der Waals surface area contributed by atoms with Gasteiger partial charge in [0.15, 0.2) is 5.82 Å². The zero-order valence-electron chi connectivity index (χ0n) is 14.9. The first-order chi connectivity index (χ1) is 12.1. The standard InChI is InChI=1S/C18H23N5O2/c1-12-6-7-13(2)14(10-12)16(24)19-11-15-20-17(22-18(21-15)25-3)23-8-4-5-9-23/h6-7,10H,4-5,8-9,11H2,1-3H3,(H,19,24). The lowest BCUT2D eigenvalue weighted by Gasteiger charge is -2.16. The highest BCUT2D eigenvalue weighted by Gasteiger charge is 2.18. The normalized spacial score (nSPS) is 13.8. The molecule has 1 aliphatic heterocycles. The van der Waals surface area contributed by atoms with Gasteiger partial charge < -0.3 is 15.0 Å². The molecular weight excluding hydrogens is 318 g/mol. The smallest absolute Gasteiger partial charge is 0.321 e. The molecule has 0 unspecified atom stereocenters. The number of methoxy groups -OCH3 is 1. The maximum Gasteiger partial charge on any atom is 0.321 e. The summed E-state index contributed by atoms with van der Waals surface area (Å²) in [6.45, 7) is 5.98. The summed E-state index contributed by atoms with van der Waals surface area (Å²) in [6, 6.07) is 6.09. The van der Waals surface area contributed by atoms with E-state index in [1.807, 2.05) is 32.0 Å². The number of rotatable bonds is 5. The van der Waals surface area contributed by atoms with Crippen molar-refractivity contribution in [1.29, 1.82) is 0 Å². The first kappa shape index (κ1) is 17.1. The van der Waals surface area contributed by atoms with Gasteiger partial charge in [-0.05, 0) is 38.3 Å². The first-order valence-electron chi connectivity index (χ1n) is 8.46. The number of nitrogens with zero attached hydrogens (tertiary/aromatic N) is 4. The molecule has 0 aliphatic carbocycles. The number of aromatic nitrogens is 3. The van der Waals surface area contributed by atoms with Gasteiger partial charge in [-0.15, -0.1) is 0 Å². The van der Waals surface area contributed by atoms with E-state index in [1.54, 1.807) is 0 Å². The number of benzene rings is 1. The maximum absolute atomic E-state index is 12.5. The summed E-state index contributed by atoms with van der Waals surface area (Å²) in [5.74, 6) is 0.969. The Morgan fingerprint density at radius 2 is 1.96 bits per heavy atom. The molecular formula is C18H23N5O2. The number of carbonyl (C=O) groups is 1. The zero-order valence-corrected chi connectivity index (χ0v) is 14.9. The summed E-state index contributed by atoms with van der Waals surface area (Å²) in [6.07, 6.45) is 2.26. The van der Waals surface area contributed by atoms with E-state index in [4.69, 9.17) is 4.74 Å². The second kappa shape index (κ2) is 7.46. The summed E-state index contributed by atoms with van der Waals surface area (Å²) >= 11 is 0. The van der Waals surface area contributed by atoms with Crippen LogP contribution in [0, 0.1) is 13.8 Å². The highest BCUT2D eigenvalue weighted by Crippen LogP contribution is 2.18. The van der Waals surface area contributed by atoms with E-state index >= 15 is 0 Å². The van der Waals surface area contributed by atoms with Crippen LogP contribution in [0.4, 0.5) is 5.95 Å². The summed E-state index contributed by atoms with van der Waals surface area (Å²) in [5.41, 5.74) is 2.66.